The van der Waals surface area contributed by atoms with Crippen LogP contribution in [0, 0.1) is 0 Å². The minimum absolute atomic E-state index is 0.0585. The first-order valence-corrected chi connectivity index (χ1v) is 13.8. The molecule has 4 aromatic carbocycles. The molecule has 5 rings (SSSR count). The van der Waals surface area contributed by atoms with Gasteiger partial charge in [-0.05, 0) is 67.1 Å². The van der Waals surface area contributed by atoms with Gasteiger partial charge in [-0.2, -0.15) is 0 Å². The molecule has 37 heavy (non-hydrogen) atoms. The summed E-state index contributed by atoms with van der Waals surface area (Å²) in [6, 6.07) is 32.9. The van der Waals surface area contributed by atoms with Crippen LogP contribution < -0.4 is 15.0 Å². The molecule has 0 saturated heterocycles. The Morgan fingerprint density at radius 3 is 2.05 bits per heavy atom. The maximum absolute atomic E-state index is 13.9. The molecule has 4 aromatic rings. The summed E-state index contributed by atoms with van der Waals surface area (Å²) in [6.45, 7) is 1.97. The van der Waals surface area contributed by atoms with Gasteiger partial charge in [0.05, 0.1) is 16.6 Å². The Kier molecular flexibility index (Phi) is 7.82. The smallest absolute Gasteiger partial charge is 0.262 e. The monoisotopic (exact) mass is 526 g/mol. The lowest BCUT2D eigenvalue weighted by Gasteiger charge is -2.33. The molecule has 0 fully saturated rings. The summed E-state index contributed by atoms with van der Waals surface area (Å²) < 4.78 is 5.51. The van der Waals surface area contributed by atoms with Crippen LogP contribution in [0.15, 0.2) is 118 Å². The van der Waals surface area contributed by atoms with E-state index in [9.17, 15) is 9.59 Å². The molecule has 0 aromatic heterocycles. The van der Waals surface area contributed by atoms with Crippen molar-refractivity contribution in [2.75, 3.05) is 16.8 Å². The number of nitrogens with one attached hydrogen (secondary N) is 1. The Labute approximate surface area is 225 Å². The Morgan fingerprint density at radius 1 is 0.838 bits per heavy atom. The van der Waals surface area contributed by atoms with Gasteiger partial charge < -0.3 is 10.1 Å². The van der Waals surface area contributed by atoms with Crippen molar-refractivity contribution in [2.24, 2.45) is 0 Å². The number of para-hydroxylation sites is 3. The molecule has 7 heteroatoms. The van der Waals surface area contributed by atoms with Crippen molar-refractivity contribution < 1.29 is 14.3 Å². The summed E-state index contributed by atoms with van der Waals surface area (Å²) >= 11 is 3.23. The predicted molar refractivity (Wildman–Crippen MR) is 151 cm³/mol. The Hall–Kier alpha value is -3.68. The van der Waals surface area contributed by atoms with Crippen molar-refractivity contribution >= 4 is 52.4 Å². The molecule has 0 radical (unpaired) electrons. The molecule has 0 bridgehead atoms. The Balaban J connectivity index is 1.26. The number of amides is 2. The minimum Gasteiger partial charge on any atom is -0.484 e. The fourth-order valence-electron chi connectivity index (χ4n) is 4.04. The summed E-state index contributed by atoms with van der Waals surface area (Å²) in [4.78, 5) is 31.1. The third-order valence-corrected chi connectivity index (χ3v) is 8.32. The standard InChI is InChI=1S/C30H26N2O3S2/c1-2-26(30(34)32-24-12-6-8-14-27(24)37-28-15-9-7-13-25(28)32)36-23-18-16-21(17-19-23)31-29(33)20-35-22-10-4-3-5-11-22/h3-19,26H,2,20H2,1H3,(H,31,33). The van der Waals surface area contributed by atoms with Gasteiger partial charge in [-0.15, -0.1) is 11.8 Å². The van der Waals surface area contributed by atoms with Gasteiger partial charge in [0, 0.05) is 20.4 Å². The summed E-state index contributed by atoms with van der Waals surface area (Å²) in [6.07, 6.45) is 0.687. The lowest BCUT2D eigenvalue weighted by atomic mass is 10.2. The van der Waals surface area contributed by atoms with E-state index in [0.29, 0.717) is 17.9 Å². The van der Waals surface area contributed by atoms with E-state index in [1.54, 1.807) is 11.8 Å². The molecule has 1 unspecified atom stereocenters. The van der Waals surface area contributed by atoms with Crippen LogP contribution in [0.3, 0.4) is 0 Å². The van der Waals surface area contributed by atoms with Gasteiger partial charge in [0.15, 0.2) is 6.61 Å². The largest absolute Gasteiger partial charge is 0.484 e. The molecule has 0 saturated carbocycles. The van der Waals surface area contributed by atoms with Gasteiger partial charge in [-0.3, -0.25) is 14.5 Å². The van der Waals surface area contributed by atoms with Gasteiger partial charge in [-0.25, -0.2) is 0 Å². The molecule has 0 aliphatic carbocycles. The molecular weight excluding hydrogens is 500 g/mol. The van der Waals surface area contributed by atoms with E-state index in [1.165, 1.54) is 11.8 Å². The predicted octanol–water partition coefficient (Wildman–Crippen LogP) is 7.40. The quantitative estimate of drug-likeness (QED) is 0.242. The van der Waals surface area contributed by atoms with Crippen LogP contribution in [0.2, 0.25) is 0 Å². The average molecular weight is 527 g/mol. The Bertz CT molecular complexity index is 1350. The first-order valence-electron chi connectivity index (χ1n) is 12.1. The highest BCUT2D eigenvalue weighted by atomic mass is 32.2. The molecule has 1 heterocycles. The molecular formula is C30H26N2O3S2. The van der Waals surface area contributed by atoms with Gasteiger partial charge >= 0.3 is 0 Å². The molecule has 2 amide bonds. The number of carbonyl (C=O) groups is 2. The fourth-order valence-corrected chi connectivity index (χ4v) is 6.09. The van der Waals surface area contributed by atoms with Gasteiger partial charge in [0.1, 0.15) is 5.75 Å². The van der Waals surface area contributed by atoms with Crippen molar-refractivity contribution in [3.63, 3.8) is 0 Å². The summed E-state index contributed by atoms with van der Waals surface area (Å²) in [5, 5.41) is 2.59. The third-order valence-electron chi connectivity index (χ3n) is 5.83. The SMILES string of the molecule is CCC(Sc1ccc(NC(=O)COc2ccccc2)cc1)C(=O)N1c2ccccc2Sc2ccccc21. The number of anilines is 3. The van der Waals surface area contributed by atoms with Gasteiger partial charge in [0.25, 0.3) is 5.91 Å². The van der Waals surface area contributed by atoms with Crippen molar-refractivity contribution in [1.29, 1.82) is 0 Å². The fraction of sp³-hybridized carbons (Fsp3) is 0.133. The van der Waals surface area contributed by atoms with E-state index in [-0.39, 0.29) is 23.7 Å². The number of ether oxygens (including phenoxy) is 1. The third kappa shape index (κ3) is 5.84. The lowest BCUT2D eigenvalue weighted by Crippen LogP contribution is -2.35. The topological polar surface area (TPSA) is 58.6 Å². The van der Waals surface area contributed by atoms with E-state index in [2.05, 4.69) is 17.4 Å². The van der Waals surface area contributed by atoms with Gasteiger partial charge in [-0.1, -0.05) is 61.2 Å². The normalized spacial score (nSPS) is 12.7. The van der Waals surface area contributed by atoms with Crippen molar-refractivity contribution in [2.45, 2.75) is 33.3 Å². The van der Waals surface area contributed by atoms with Crippen LogP contribution >= 0.6 is 23.5 Å². The van der Waals surface area contributed by atoms with Crippen LogP contribution in [0.5, 0.6) is 5.75 Å². The highest BCUT2D eigenvalue weighted by Crippen LogP contribution is 2.48. The van der Waals surface area contributed by atoms with E-state index in [4.69, 9.17) is 4.74 Å². The average Bonchev–Trinajstić information content (AvgIpc) is 2.94. The molecule has 0 spiro atoms. The number of benzene rings is 4. The second-order valence-corrected chi connectivity index (χ2v) is 10.8. The van der Waals surface area contributed by atoms with E-state index in [1.807, 2.05) is 103 Å². The minimum atomic E-state index is -0.260. The van der Waals surface area contributed by atoms with Crippen LogP contribution in [0.4, 0.5) is 17.1 Å². The highest BCUT2D eigenvalue weighted by Gasteiger charge is 2.32. The van der Waals surface area contributed by atoms with E-state index in [0.717, 1.165) is 26.1 Å². The zero-order valence-electron chi connectivity index (χ0n) is 20.3. The zero-order valence-corrected chi connectivity index (χ0v) is 21.9. The van der Waals surface area contributed by atoms with Crippen LogP contribution in [0.25, 0.3) is 0 Å². The number of rotatable bonds is 8. The van der Waals surface area contributed by atoms with Crippen LogP contribution in [-0.2, 0) is 9.59 Å². The number of carbonyl (C=O) groups excluding carboxylic acids is 2. The van der Waals surface area contributed by atoms with Crippen LogP contribution in [-0.4, -0.2) is 23.7 Å². The molecule has 1 aliphatic heterocycles. The maximum atomic E-state index is 13.9. The number of hydrogen-bond donors (Lipinski definition) is 1. The molecule has 1 N–H and O–H groups in total. The second-order valence-electron chi connectivity index (χ2n) is 8.40. The van der Waals surface area contributed by atoms with Crippen LogP contribution in [0.1, 0.15) is 13.3 Å². The number of fused-ring (bicyclic) bond motifs is 2. The van der Waals surface area contributed by atoms with Crippen molar-refractivity contribution in [3.05, 3.63) is 103 Å². The zero-order chi connectivity index (χ0) is 25.6. The highest BCUT2D eigenvalue weighted by molar-refractivity contribution is 8.00. The summed E-state index contributed by atoms with van der Waals surface area (Å²) in [5.74, 6) is 0.478. The molecule has 1 atom stereocenters. The summed E-state index contributed by atoms with van der Waals surface area (Å²) in [5.41, 5.74) is 2.53. The molecule has 5 nitrogen and oxygen atoms in total. The van der Waals surface area contributed by atoms with Crippen molar-refractivity contribution in [1.82, 2.24) is 0 Å². The van der Waals surface area contributed by atoms with Gasteiger partial charge in [0.2, 0.25) is 5.91 Å². The van der Waals surface area contributed by atoms with E-state index >= 15 is 0 Å². The summed E-state index contributed by atoms with van der Waals surface area (Å²) in [7, 11) is 0. The first kappa shape index (κ1) is 25.0. The lowest BCUT2D eigenvalue weighted by molar-refractivity contribution is -0.118. The Morgan fingerprint density at radius 2 is 1.43 bits per heavy atom. The molecule has 186 valence electrons. The first-order chi connectivity index (χ1) is 18.1. The number of nitrogens with zero attached hydrogens (tertiary/aromatic N) is 1. The second kappa shape index (κ2) is 11.6. The van der Waals surface area contributed by atoms with E-state index < -0.39 is 0 Å². The molecule has 1 aliphatic rings. The van der Waals surface area contributed by atoms with Crippen molar-refractivity contribution in [3.8, 4) is 5.75 Å². The number of hydrogen-bond acceptors (Lipinski definition) is 5. The maximum Gasteiger partial charge on any atom is 0.262 e. The number of thioether (sulfide) groups is 1.